The molecule has 2 heterocycles. The maximum absolute atomic E-state index is 14.4. The van der Waals surface area contributed by atoms with Gasteiger partial charge in [-0.2, -0.15) is 4.98 Å². The summed E-state index contributed by atoms with van der Waals surface area (Å²) < 4.78 is 30.0. The van der Waals surface area contributed by atoms with E-state index >= 15 is 0 Å². The fraction of sp³-hybridized carbons (Fsp3) is 0.200. The maximum Gasteiger partial charge on any atom is 0.349 e. The Bertz CT molecular complexity index is 1210. The van der Waals surface area contributed by atoms with Gasteiger partial charge in [-0.3, -0.25) is 4.57 Å². The molecule has 6 nitrogen and oxygen atoms in total. The fourth-order valence-corrected chi connectivity index (χ4v) is 3.01. The number of aryl methyl sites for hydroxylation is 1. The van der Waals surface area contributed by atoms with Gasteiger partial charge in [-0.25, -0.2) is 13.6 Å². The van der Waals surface area contributed by atoms with Crippen molar-refractivity contribution in [3.05, 3.63) is 70.6 Å². The quantitative estimate of drug-likeness (QED) is 0.528. The first-order chi connectivity index (χ1) is 13.6. The Morgan fingerprint density at radius 3 is 2.39 bits per heavy atom. The van der Waals surface area contributed by atoms with Gasteiger partial charge in [-0.05, 0) is 30.7 Å². The van der Waals surface area contributed by atoms with E-state index in [0.717, 1.165) is 17.6 Å². The van der Waals surface area contributed by atoms with E-state index in [0.29, 0.717) is 6.54 Å². The molecule has 0 spiro atoms. The Hall–Kier alpha value is -3.42. The van der Waals surface area contributed by atoms with E-state index in [4.69, 9.17) is 0 Å². The summed E-state index contributed by atoms with van der Waals surface area (Å²) in [6, 6.07) is 12.0. The van der Waals surface area contributed by atoms with Gasteiger partial charge in [0.2, 0.25) is 0 Å². The van der Waals surface area contributed by atoms with Gasteiger partial charge in [-0.15, -0.1) is 15.0 Å². The van der Waals surface area contributed by atoms with Crippen molar-refractivity contribution in [2.75, 3.05) is 0 Å². The lowest BCUT2D eigenvalue weighted by Gasteiger charge is -2.07. The van der Waals surface area contributed by atoms with E-state index in [-0.39, 0.29) is 28.1 Å². The molecule has 0 atom stereocenters. The fourth-order valence-electron chi connectivity index (χ4n) is 3.01. The molecule has 0 saturated carbocycles. The Morgan fingerprint density at radius 2 is 1.68 bits per heavy atom. The van der Waals surface area contributed by atoms with E-state index in [2.05, 4.69) is 15.2 Å². The van der Waals surface area contributed by atoms with Gasteiger partial charge in [0.15, 0.2) is 17.0 Å². The summed E-state index contributed by atoms with van der Waals surface area (Å²) >= 11 is 0. The van der Waals surface area contributed by atoms with Crippen LogP contribution in [0.2, 0.25) is 0 Å². The molecule has 8 heteroatoms. The lowest BCUT2D eigenvalue weighted by atomic mass is 10.1. The van der Waals surface area contributed by atoms with Crippen LogP contribution < -0.4 is 5.69 Å². The second-order valence-electron chi connectivity index (χ2n) is 6.34. The second-order valence-corrected chi connectivity index (χ2v) is 6.34. The third-order valence-corrected chi connectivity index (χ3v) is 4.45. The number of nitrogens with zero attached hydrogens (tertiary/aromatic N) is 5. The first-order valence-electron chi connectivity index (χ1n) is 8.98. The number of benzene rings is 2. The zero-order chi connectivity index (χ0) is 19.7. The van der Waals surface area contributed by atoms with Crippen molar-refractivity contribution in [1.82, 2.24) is 24.5 Å². The molecule has 0 unspecified atom stereocenters. The van der Waals surface area contributed by atoms with Crippen LogP contribution in [-0.4, -0.2) is 24.5 Å². The molecule has 2 aromatic heterocycles. The standard InChI is InChI=1S/C20H17F2N5O/c1-2-3-12-26-19-18(24-27(25-19)16-11-7-6-10-15(16)22)17(23-20(26)28)13-8-4-5-9-14(13)21/h4-11H,2-3,12H2,1H3. The van der Waals surface area contributed by atoms with E-state index in [9.17, 15) is 13.6 Å². The Labute approximate surface area is 159 Å². The van der Waals surface area contributed by atoms with Gasteiger partial charge < -0.3 is 0 Å². The average molecular weight is 381 g/mol. The van der Waals surface area contributed by atoms with Crippen LogP contribution in [0.4, 0.5) is 8.78 Å². The highest BCUT2D eigenvalue weighted by Gasteiger charge is 2.20. The minimum absolute atomic E-state index is 0.0911. The van der Waals surface area contributed by atoms with E-state index < -0.39 is 17.3 Å². The van der Waals surface area contributed by atoms with E-state index in [1.807, 2.05) is 6.92 Å². The van der Waals surface area contributed by atoms with Gasteiger partial charge in [-0.1, -0.05) is 37.6 Å². The number of hydrogen-bond acceptors (Lipinski definition) is 4. The van der Waals surface area contributed by atoms with Crippen molar-refractivity contribution in [2.24, 2.45) is 0 Å². The zero-order valence-corrected chi connectivity index (χ0v) is 15.1. The Kier molecular flexibility index (Phi) is 4.68. The number of hydrogen-bond donors (Lipinski definition) is 0. The van der Waals surface area contributed by atoms with Gasteiger partial charge in [0.1, 0.15) is 17.2 Å². The third kappa shape index (κ3) is 3.06. The number of aromatic nitrogens is 5. The molecule has 0 amide bonds. The van der Waals surface area contributed by atoms with Crippen LogP contribution in [0.5, 0.6) is 0 Å². The minimum atomic E-state index is -0.542. The van der Waals surface area contributed by atoms with Crippen LogP contribution >= 0.6 is 0 Å². The topological polar surface area (TPSA) is 65.6 Å². The van der Waals surface area contributed by atoms with Crippen molar-refractivity contribution in [1.29, 1.82) is 0 Å². The van der Waals surface area contributed by atoms with Crippen LogP contribution in [0.15, 0.2) is 53.3 Å². The first kappa shape index (κ1) is 18.0. The zero-order valence-electron chi connectivity index (χ0n) is 15.1. The van der Waals surface area contributed by atoms with Crippen molar-refractivity contribution in [2.45, 2.75) is 26.3 Å². The highest BCUT2D eigenvalue weighted by molar-refractivity contribution is 5.86. The van der Waals surface area contributed by atoms with Crippen molar-refractivity contribution in [3.8, 4) is 16.9 Å². The molecule has 0 radical (unpaired) electrons. The summed E-state index contributed by atoms with van der Waals surface area (Å²) in [6.45, 7) is 2.39. The average Bonchev–Trinajstić information content (AvgIpc) is 3.13. The molecular weight excluding hydrogens is 364 g/mol. The molecular formula is C20H17F2N5O. The van der Waals surface area contributed by atoms with Gasteiger partial charge in [0.05, 0.1) is 0 Å². The minimum Gasteiger partial charge on any atom is -0.273 e. The molecule has 0 bridgehead atoms. The maximum atomic E-state index is 14.4. The number of para-hydroxylation sites is 1. The normalized spacial score (nSPS) is 11.2. The van der Waals surface area contributed by atoms with Crippen LogP contribution in [0.25, 0.3) is 28.1 Å². The SMILES string of the molecule is CCCCn1c(=O)nc(-c2ccccc2F)c2nn(-c3ccccc3F)nc21. The number of fused-ring (bicyclic) bond motifs is 1. The summed E-state index contributed by atoms with van der Waals surface area (Å²) in [5.74, 6) is -1.03. The van der Waals surface area contributed by atoms with Crippen molar-refractivity contribution in [3.63, 3.8) is 0 Å². The summed E-state index contributed by atoms with van der Waals surface area (Å²) in [5.41, 5.74) is 0.313. The molecule has 0 saturated heterocycles. The van der Waals surface area contributed by atoms with Crippen LogP contribution in [0.1, 0.15) is 19.8 Å². The molecule has 4 rings (SSSR count). The van der Waals surface area contributed by atoms with Gasteiger partial charge in [0.25, 0.3) is 0 Å². The van der Waals surface area contributed by atoms with Gasteiger partial charge >= 0.3 is 5.69 Å². The first-order valence-corrected chi connectivity index (χ1v) is 8.98. The van der Waals surface area contributed by atoms with E-state index in [1.54, 1.807) is 24.3 Å². The third-order valence-electron chi connectivity index (χ3n) is 4.45. The monoisotopic (exact) mass is 381 g/mol. The summed E-state index contributed by atoms with van der Waals surface area (Å²) in [7, 11) is 0. The Morgan fingerprint density at radius 1 is 0.964 bits per heavy atom. The molecule has 0 aliphatic carbocycles. The van der Waals surface area contributed by atoms with Crippen LogP contribution in [0, 0.1) is 11.6 Å². The lowest BCUT2D eigenvalue weighted by Crippen LogP contribution is -2.24. The molecule has 28 heavy (non-hydrogen) atoms. The summed E-state index contributed by atoms with van der Waals surface area (Å²) in [5, 5.41) is 8.69. The van der Waals surface area contributed by atoms with Crippen LogP contribution in [0.3, 0.4) is 0 Å². The molecule has 0 fully saturated rings. The Balaban J connectivity index is 2.02. The van der Waals surface area contributed by atoms with Gasteiger partial charge in [0, 0.05) is 12.1 Å². The van der Waals surface area contributed by atoms with Crippen molar-refractivity contribution < 1.29 is 8.78 Å². The molecule has 142 valence electrons. The summed E-state index contributed by atoms with van der Waals surface area (Å²) in [6.07, 6.45) is 1.60. The molecule has 0 aliphatic heterocycles. The second kappa shape index (κ2) is 7.30. The number of unbranched alkanes of at least 4 members (excludes halogenated alkanes) is 1. The van der Waals surface area contributed by atoms with Crippen molar-refractivity contribution >= 4 is 11.2 Å². The van der Waals surface area contributed by atoms with Crippen LogP contribution in [-0.2, 0) is 6.54 Å². The molecule has 0 N–H and O–H groups in total. The van der Waals surface area contributed by atoms with E-state index in [1.165, 1.54) is 28.8 Å². The highest BCUT2D eigenvalue weighted by atomic mass is 19.1. The largest absolute Gasteiger partial charge is 0.349 e. The number of rotatable bonds is 5. The summed E-state index contributed by atoms with van der Waals surface area (Å²) in [4.78, 5) is 17.8. The molecule has 0 aliphatic rings. The molecule has 4 aromatic rings. The highest BCUT2D eigenvalue weighted by Crippen LogP contribution is 2.26. The predicted octanol–water partition coefficient (Wildman–Crippen LogP) is 3.72. The smallest absolute Gasteiger partial charge is 0.273 e. The predicted molar refractivity (Wildman–Crippen MR) is 101 cm³/mol. The number of halogens is 2. The molecule has 2 aromatic carbocycles. The lowest BCUT2D eigenvalue weighted by molar-refractivity contribution is 0.592.